The molecule has 0 spiro atoms. The van der Waals surface area contributed by atoms with E-state index in [1.54, 1.807) is 24.3 Å². The van der Waals surface area contributed by atoms with Gasteiger partial charge in [-0.05, 0) is 55.0 Å². The number of anilines is 1. The molecule has 0 saturated heterocycles. The van der Waals surface area contributed by atoms with Crippen molar-refractivity contribution < 1.29 is 27.9 Å². The van der Waals surface area contributed by atoms with Gasteiger partial charge in [0, 0.05) is 12.1 Å². The monoisotopic (exact) mass is 481 g/mol. The molecule has 0 bridgehead atoms. The number of aromatic carboxylic acids is 1. The Labute approximate surface area is 196 Å². The van der Waals surface area contributed by atoms with E-state index in [0.29, 0.717) is 5.56 Å². The van der Waals surface area contributed by atoms with Crippen molar-refractivity contribution in [2.75, 3.05) is 10.8 Å². The molecule has 3 rings (SSSR count). The highest BCUT2D eigenvalue weighted by atomic mass is 32.2. The van der Waals surface area contributed by atoms with Crippen LogP contribution in [0.2, 0.25) is 0 Å². The maximum absolute atomic E-state index is 13.4. The second-order valence-electron chi connectivity index (χ2n) is 7.52. The van der Waals surface area contributed by atoms with Crippen LogP contribution < -0.4 is 15.4 Å². The Hall–Kier alpha value is -4.18. The number of sulfonamides is 1. The zero-order valence-corrected chi connectivity index (χ0v) is 19.1. The SMILES string of the molecule is Cc1ccc(S(=O)(=O)N(CC(=O)NCc2cccc(C(=O)O)c2)c2cccc(C(N)=O)c2)cc1. The van der Waals surface area contributed by atoms with Crippen molar-refractivity contribution in [2.24, 2.45) is 5.73 Å². The van der Waals surface area contributed by atoms with Crippen LogP contribution in [0.1, 0.15) is 31.8 Å². The van der Waals surface area contributed by atoms with Gasteiger partial charge in [0.1, 0.15) is 6.54 Å². The summed E-state index contributed by atoms with van der Waals surface area (Å²) >= 11 is 0. The van der Waals surface area contributed by atoms with Crippen LogP contribution in [-0.2, 0) is 21.4 Å². The Balaban J connectivity index is 1.89. The molecule has 0 radical (unpaired) electrons. The highest BCUT2D eigenvalue weighted by Gasteiger charge is 2.27. The van der Waals surface area contributed by atoms with Gasteiger partial charge in [0.2, 0.25) is 11.8 Å². The smallest absolute Gasteiger partial charge is 0.335 e. The first-order chi connectivity index (χ1) is 16.1. The number of carbonyl (C=O) groups is 3. The van der Waals surface area contributed by atoms with E-state index in [0.717, 1.165) is 9.87 Å². The fourth-order valence-electron chi connectivity index (χ4n) is 3.17. The van der Waals surface area contributed by atoms with Crippen molar-refractivity contribution in [3.63, 3.8) is 0 Å². The molecular formula is C24H23N3O6S. The highest BCUT2D eigenvalue weighted by molar-refractivity contribution is 7.92. The van der Waals surface area contributed by atoms with Gasteiger partial charge in [0.15, 0.2) is 0 Å². The van der Waals surface area contributed by atoms with E-state index in [4.69, 9.17) is 10.8 Å². The summed E-state index contributed by atoms with van der Waals surface area (Å²) in [6.45, 7) is 1.24. The maximum atomic E-state index is 13.4. The number of carbonyl (C=O) groups excluding carboxylic acids is 2. The van der Waals surface area contributed by atoms with Crippen molar-refractivity contribution in [1.29, 1.82) is 0 Å². The maximum Gasteiger partial charge on any atom is 0.335 e. The minimum atomic E-state index is -4.17. The van der Waals surface area contributed by atoms with E-state index >= 15 is 0 Å². The molecule has 0 aliphatic carbocycles. The molecule has 4 N–H and O–H groups in total. The predicted octanol–water partition coefficient (Wildman–Crippen LogP) is 2.30. The minimum absolute atomic E-state index is 0.000299. The molecule has 3 aromatic carbocycles. The third-order valence-electron chi connectivity index (χ3n) is 4.98. The lowest BCUT2D eigenvalue weighted by atomic mass is 10.1. The summed E-state index contributed by atoms with van der Waals surface area (Å²) in [5, 5.41) is 11.7. The van der Waals surface area contributed by atoms with Gasteiger partial charge >= 0.3 is 5.97 Å². The molecule has 10 heteroatoms. The van der Waals surface area contributed by atoms with Gasteiger partial charge in [-0.2, -0.15) is 0 Å². The average molecular weight is 482 g/mol. The van der Waals surface area contributed by atoms with Crippen molar-refractivity contribution in [2.45, 2.75) is 18.4 Å². The molecule has 0 atom stereocenters. The Kier molecular flexibility index (Phi) is 7.32. The van der Waals surface area contributed by atoms with Crippen LogP contribution in [0, 0.1) is 6.92 Å². The molecule has 0 heterocycles. The molecule has 2 amide bonds. The topological polar surface area (TPSA) is 147 Å². The summed E-state index contributed by atoms with van der Waals surface area (Å²) in [4.78, 5) is 35.5. The first-order valence-electron chi connectivity index (χ1n) is 10.2. The quantitative estimate of drug-likeness (QED) is 0.427. The van der Waals surface area contributed by atoms with Crippen LogP contribution >= 0.6 is 0 Å². The van der Waals surface area contributed by atoms with Crippen LogP contribution in [0.3, 0.4) is 0 Å². The van der Waals surface area contributed by atoms with Crippen LogP contribution in [0.4, 0.5) is 5.69 Å². The third kappa shape index (κ3) is 5.78. The summed E-state index contributed by atoms with van der Waals surface area (Å²) in [7, 11) is -4.17. The lowest BCUT2D eigenvalue weighted by Gasteiger charge is -2.24. The Bertz CT molecular complexity index is 1340. The van der Waals surface area contributed by atoms with E-state index in [2.05, 4.69) is 5.32 Å². The summed E-state index contributed by atoms with van der Waals surface area (Å²) in [6, 6.07) is 17.9. The molecule has 176 valence electrons. The summed E-state index contributed by atoms with van der Waals surface area (Å²) in [5.74, 6) is -2.46. The third-order valence-corrected chi connectivity index (χ3v) is 6.77. The number of hydrogen-bond acceptors (Lipinski definition) is 5. The molecular weight excluding hydrogens is 458 g/mol. The Morgan fingerprint density at radius 2 is 1.59 bits per heavy atom. The first-order valence-corrected chi connectivity index (χ1v) is 11.6. The predicted molar refractivity (Wildman–Crippen MR) is 126 cm³/mol. The lowest BCUT2D eigenvalue weighted by molar-refractivity contribution is -0.119. The number of nitrogens with zero attached hydrogens (tertiary/aromatic N) is 1. The van der Waals surface area contributed by atoms with Gasteiger partial charge in [-0.25, -0.2) is 13.2 Å². The van der Waals surface area contributed by atoms with E-state index in [1.807, 2.05) is 6.92 Å². The number of hydrogen-bond donors (Lipinski definition) is 3. The number of carboxylic acids is 1. The van der Waals surface area contributed by atoms with Gasteiger partial charge < -0.3 is 16.2 Å². The molecule has 34 heavy (non-hydrogen) atoms. The number of benzene rings is 3. The number of nitrogens with two attached hydrogens (primary N) is 1. The van der Waals surface area contributed by atoms with Crippen LogP contribution in [0.25, 0.3) is 0 Å². The standard InChI is InChI=1S/C24H23N3O6S/c1-16-8-10-21(11-9-16)34(32,33)27(20-7-3-5-18(13-20)23(25)29)15-22(28)26-14-17-4-2-6-19(12-17)24(30)31/h2-13H,14-15H2,1H3,(H2,25,29)(H,26,28)(H,30,31). The number of aryl methyl sites for hydroxylation is 1. The number of primary amides is 1. The zero-order chi connectivity index (χ0) is 24.9. The fraction of sp³-hybridized carbons (Fsp3) is 0.125. The molecule has 0 aliphatic heterocycles. The molecule has 0 aromatic heterocycles. The molecule has 0 unspecified atom stereocenters. The molecule has 0 fully saturated rings. The zero-order valence-electron chi connectivity index (χ0n) is 18.3. The largest absolute Gasteiger partial charge is 0.478 e. The van der Waals surface area contributed by atoms with E-state index < -0.39 is 34.4 Å². The van der Waals surface area contributed by atoms with E-state index in [-0.39, 0.29) is 28.3 Å². The van der Waals surface area contributed by atoms with Gasteiger partial charge in [-0.15, -0.1) is 0 Å². The van der Waals surface area contributed by atoms with E-state index in [9.17, 15) is 22.8 Å². The molecule has 9 nitrogen and oxygen atoms in total. The minimum Gasteiger partial charge on any atom is -0.478 e. The van der Waals surface area contributed by atoms with Crippen LogP contribution in [0.15, 0.2) is 77.7 Å². The fourth-order valence-corrected chi connectivity index (χ4v) is 4.58. The van der Waals surface area contributed by atoms with Crippen molar-refractivity contribution in [3.8, 4) is 0 Å². The molecule has 0 aliphatic rings. The first kappa shape index (κ1) is 24.5. The molecule has 0 saturated carbocycles. The van der Waals surface area contributed by atoms with E-state index in [1.165, 1.54) is 48.5 Å². The highest BCUT2D eigenvalue weighted by Crippen LogP contribution is 2.25. The summed E-state index contributed by atoms with van der Waals surface area (Å²) < 4.78 is 27.7. The van der Waals surface area contributed by atoms with Gasteiger partial charge in [0.25, 0.3) is 10.0 Å². The number of carboxylic acid groups (broad SMARTS) is 1. The Morgan fingerprint density at radius 3 is 2.24 bits per heavy atom. The second kappa shape index (κ2) is 10.2. The van der Waals surface area contributed by atoms with Crippen molar-refractivity contribution in [1.82, 2.24) is 5.32 Å². The number of nitrogens with one attached hydrogen (secondary N) is 1. The number of rotatable bonds is 9. The molecule has 3 aromatic rings. The van der Waals surface area contributed by atoms with Crippen molar-refractivity contribution >= 4 is 33.5 Å². The summed E-state index contributed by atoms with van der Waals surface area (Å²) in [6.07, 6.45) is 0. The van der Waals surface area contributed by atoms with Crippen LogP contribution in [0.5, 0.6) is 0 Å². The van der Waals surface area contributed by atoms with Gasteiger partial charge in [-0.3, -0.25) is 13.9 Å². The Morgan fingerprint density at radius 1 is 0.941 bits per heavy atom. The second-order valence-corrected chi connectivity index (χ2v) is 9.38. The van der Waals surface area contributed by atoms with Crippen molar-refractivity contribution in [3.05, 3.63) is 95.1 Å². The lowest BCUT2D eigenvalue weighted by Crippen LogP contribution is -2.40. The number of amides is 2. The van der Waals surface area contributed by atoms with Gasteiger partial charge in [0.05, 0.1) is 16.1 Å². The van der Waals surface area contributed by atoms with Crippen LogP contribution in [-0.4, -0.2) is 37.9 Å². The summed E-state index contributed by atoms with van der Waals surface area (Å²) in [5.41, 5.74) is 7.00. The normalized spacial score (nSPS) is 11.0. The van der Waals surface area contributed by atoms with Gasteiger partial charge in [-0.1, -0.05) is 35.9 Å². The average Bonchev–Trinajstić information content (AvgIpc) is 2.81.